The molecule has 0 spiro atoms. The average molecular weight is 311 g/mol. The van der Waals surface area contributed by atoms with Crippen LogP contribution < -0.4 is 5.32 Å². The number of rotatable bonds is 2. The molecule has 24 heavy (non-hydrogen) atoms. The van der Waals surface area contributed by atoms with Crippen LogP contribution in [-0.4, -0.2) is 7.05 Å². The molecule has 1 nitrogen and oxygen atoms in total. The number of anilines is 1. The highest BCUT2D eigenvalue weighted by molar-refractivity contribution is 5.94. The van der Waals surface area contributed by atoms with Gasteiger partial charge in [-0.25, -0.2) is 0 Å². The van der Waals surface area contributed by atoms with E-state index in [4.69, 9.17) is 0 Å². The van der Waals surface area contributed by atoms with Gasteiger partial charge in [0.1, 0.15) is 0 Å². The molecule has 3 aromatic rings. The first-order chi connectivity index (χ1) is 11.8. The second kappa shape index (κ2) is 6.37. The maximum Gasteiger partial charge on any atom is 0.0343 e. The third kappa shape index (κ3) is 2.74. The highest BCUT2D eigenvalue weighted by Crippen LogP contribution is 2.35. The quantitative estimate of drug-likeness (QED) is 0.666. The van der Waals surface area contributed by atoms with Gasteiger partial charge in [-0.2, -0.15) is 0 Å². The Morgan fingerprint density at radius 2 is 1.38 bits per heavy atom. The summed E-state index contributed by atoms with van der Waals surface area (Å²) in [7, 11) is 1.96. The van der Waals surface area contributed by atoms with Crippen molar-refractivity contribution in [2.24, 2.45) is 0 Å². The van der Waals surface area contributed by atoms with E-state index in [-0.39, 0.29) is 0 Å². The van der Waals surface area contributed by atoms with Crippen LogP contribution in [-0.2, 0) is 12.8 Å². The maximum atomic E-state index is 3.23. The molecule has 1 aliphatic carbocycles. The second-order valence-electron chi connectivity index (χ2n) is 6.25. The molecule has 0 aliphatic heterocycles. The van der Waals surface area contributed by atoms with Gasteiger partial charge < -0.3 is 5.32 Å². The van der Waals surface area contributed by atoms with Crippen LogP contribution in [0.2, 0.25) is 0 Å². The van der Waals surface area contributed by atoms with Gasteiger partial charge >= 0.3 is 0 Å². The van der Waals surface area contributed by atoms with E-state index in [1.165, 1.54) is 33.4 Å². The molecule has 0 fully saturated rings. The first kappa shape index (κ1) is 14.8. The first-order valence-corrected chi connectivity index (χ1v) is 8.51. The third-order valence-electron chi connectivity index (χ3n) is 4.77. The van der Waals surface area contributed by atoms with Gasteiger partial charge in [-0.05, 0) is 64.4 Å². The highest BCUT2D eigenvalue weighted by atomic mass is 14.8. The van der Waals surface area contributed by atoms with Crippen molar-refractivity contribution < 1.29 is 0 Å². The molecule has 0 heterocycles. The van der Waals surface area contributed by atoms with E-state index in [1.54, 1.807) is 0 Å². The molecule has 118 valence electrons. The molecule has 1 N–H and O–H groups in total. The van der Waals surface area contributed by atoms with Gasteiger partial charge in [-0.15, -0.1) is 0 Å². The van der Waals surface area contributed by atoms with E-state index < -0.39 is 0 Å². The maximum absolute atomic E-state index is 3.23. The number of hydrogen-bond donors (Lipinski definition) is 1. The van der Waals surface area contributed by atoms with Crippen LogP contribution in [0.15, 0.2) is 72.8 Å². The molecule has 1 aliphatic rings. The number of fused-ring (bicyclic) bond motifs is 2. The fraction of sp³-hybridized carbons (Fsp3) is 0.130. The van der Waals surface area contributed by atoms with Crippen LogP contribution in [0.4, 0.5) is 5.69 Å². The smallest absolute Gasteiger partial charge is 0.0343 e. The van der Waals surface area contributed by atoms with Gasteiger partial charge in [0, 0.05) is 12.7 Å². The zero-order chi connectivity index (χ0) is 16.4. The van der Waals surface area contributed by atoms with E-state index >= 15 is 0 Å². The van der Waals surface area contributed by atoms with Gasteiger partial charge in [0.25, 0.3) is 0 Å². The van der Waals surface area contributed by atoms with Gasteiger partial charge in [0.2, 0.25) is 0 Å². The summed E-state index contributed by atoms with van der Waals surface area (Å²) in [5, 5.41) is 3.23. The molecule has 4 rings (SSSR count). The van der Waals surface area contributed by atoms with Crippen LogP contribution in [0.25, 0.3) is 11.6 Å². The lowest BCUT2D eigenvalue weighted by Gasteiger charge is -2.12. The minimum Gasteiger partial charge on any atom is -0.388 e. The topological polar surface area (TPSA) is 12.0 Å². The van der Waals surface area contributed by atoms with E-state index in [0.29, 0.717) is 0 Å². The summed E-state index contributed by atoms with van der Waals surface area (Å²) in [6, 6.07) is 26.2. The lowest BCUT2D eigenvalue weighted by atomic mass is 9.92. The molecular formula is C23H21N. The van der Waals surface area contributed by atoms with E-state index in [9.17, 15) is 0 Å². The van der Waals surface area contributed by atoms with Crippen molar-refractivity contribution >= 4 is 17.3 Å². The normalized spacial score (nSPS) is 12.8. The predicted molar refractivity (Wildman–Crippen MR) is 103 cm³/mol. The Balaban J connectivity index is 1.94. The molecular weight excluding hydrogens is 290 g/mol. The Morgan fingerprint density at radius 3 is 2.00 bits per heavy atom. The van der Waals surface area contributed by atoms with E-state index in [2.05, 4.69) is 84.2 Å². The summed E-state index contributed by atoms with van der Waals surface area (Å²) in [4.78, 5) is 0. The van der Waals surface area contributed by atoms with Gasteiger partial charge in [0.05, 0.1) is 0 Å². The predicted octanol–water partition coefficient (Wildman–Crippen LogP) is 5.42. The van der Waals surface area contributed by atoms with Crippen molar-refractivity contribution in [1.29, 1.82) is 0 Å². The SMILES string of the molecule is CNc1cccc(C=C2c3ccccc3CCc3ccccc32)c1. The molecule has 0 aromatic heterocycles. The standard InChI is InChI=1S/C23H21N/c1-24-20-10-6-7-17(15-20)16-23-21-11-4-2-8-18(21)13-14-19-9-3-5-12-22(19)23/h2-12,15-16,24H,13-14H2,1H3. The Labute approximate surface area is 143 Å². The molecule has 1 heteroatoms. The lowest BCUT2D eigenvalue weighted by molar-refractivity contribution is 0.965. The molecule has 3 aromatic carbocycles. The van der Waals surface area contributed by atoms with Crippen LogP contribution in [0.1, 0.15) is 27.8 Å². The monoisotopic (exact) mass is 311 g/mol. The molecule has 0 amide bonds. The zero-order valence-corrected chi connectivity index (χ0v) is 13.9. The summed E-state index contributed by atoms with van der Waals surface area (Å²) in [5.74, 6) is 0. The van der Waals surface area contributed by atoms with Crippen molar-refractivity contribution in [2.45, 2.75) is 12.8 Å². The Morgan fingerprint density at radius 1 is 0.750 bits per heavy atom. The fourth-order valence-corrected chi connectivity index (χ4v) is 3.52. The van der Waals surface area contributed by atoms with E-state index in [0.717, 1.165) is 18.5 Å². The first-order valence-electron chi connectivity index (χ1n) is 8.51. The molecule has 0 unspecified atom stereocenters. The van der Waals surface area contributed by atoms with Crippen molar-refractivity contribution in [2.75, 3.05) is 12.4 Å². The average Bonchev–Trinajstić information content (AvgIpc) is 2.80. The summed E-state index contributed by atoms with van der Waals surface area (Å²) in [6.45, 7) is 0. The van der Waals surface area contributed by atoms with Gasteiger partial charge in [-0.3, -0.25) is 0 Å². The molecule has 0 radical (unpaired) electrons. The van der Waals surface area contributed by atoms with Crippen LogP contribution in [0.5, 0.6) is 0 Å². The Kier molecular flexibility index (Phi) is 3.92. The molecule has 0 saturated heterocycles. The third-order valence-corrected chi connectivity index (χ3v) is 4.77. The lowest BCUT2D eigenvalue weighted by Crippen LogP contribution is -1.93. The van der Waals surface area contributed by atoms with Gasteiger partial charge in [-0.1, -0.05) is 60.7 Å². The minimum atomic E-state index is 1.10. The number of hydrogen-bond acceptors (Lipinski definition) is 1. The van der Waals surface area contributed by atoms with Crippen molar-refractivity contribution in [3.8, 4) is 0 Å². The second-order valence-corrected chi connectivity index (χ2v) is 6.25. The summed E-state index contributed by atoms with van der Waals surface area (Å²) in [5.41, 5.74) is 9.28. The number of aryl methyl sites for hydroxylation is 2. The molecule has 0 saturated carbocycles. The van der Waals surface area contributed by atoms with Crippen LogP contribution in [0, 0.1) is 0 Å². The number of benzene rings is 3. The van der Waals surface area contributed by atoms with Crippen molar-refractivity contribution in [3.05, 3.63) is 101 Å². The van der Waals surface area contributed by atoms with Crippen LogP contribution >= 0.6 is 0 Å². The fourth-order valence-electron chi connectivity index (χ4n) is 3.52. The Hall–Kier alpha value is -2.80. The molecule has 0 bridgehead atoms. The molecule has 0 atom stereocenters. The number of nitrogens with one attached hydrogen (secondary N) is 1. The Bertz CT molecular complexity index is 856. The highest BCUT2D eigenvalue weighted by Gasteiger charge is 2.17. The van der Waals surface area contributed by atoms with E-state index in [1.807, 2.05) is 7.05 Å². The largest absolute Gasteiger partial charge is 0.388 e. The van der Waals surface area contributed by atoms with Gasteiger partial charge in [0.15, 0.2) is 0 Å². The van der Waals surface area contributed by atoms with Crippen molar-refractivity contribution in [1.82, 2.24) is 0 Å². The zero-order valence-electron chi connectivity index (χ0n) is 13.9. The minimum absolute atomic E-state index is 1.10. The van der Waals surface area contributed by atoms with Crippen molar-refractivity contribution in [3.63, 3.8) is 0 Å². The summed E-state index contributed by atoms with van der Waals surface area (Å²) in [6.07, 6.45) is 4.52. The summed E-state index contributed by atoms with van der Waals surface area (Å²) < 4.78 is 0. The summed E-state index contributed by atoms with van der Waals surface area (Å²) >= 11 is 0. The van der Waals surface area contributed by atoms with Crippen LogP contribution in [0.3, 0.4) is 0 Å².